The minimum atomic E-state index is -0.406. The summed E-state index contributed by atoms with van der Waals surface area (Å²) in [4.78, 5) is 12.0. The zero-order valence-electron chi connectivity index (χ0n) is 11.8. The number of nitrogen functional groups attached to an aromatic ring is 1. The van der Waals surface area contributed by atoms with Crippen LogP contribution in [0.2, 0.25) is 0 Å². The predicted octanol–water partition coefficient (Wildman–Crippen LogP) is 3.12. The van der Waals surface area contributed by atoms with E-state index in [1.165, 1.54) is 19.3 Å². The first-order chi connectivity index (χ1) is 9.72. The van der Waals surface area contributed by atoms with Gasteiger partial charge in [0.1, 0.15) is 0 Å². The lowest BCUT2D eigenvalue weighted by Crippen LogP contribution is -2.09. The average Bonchev–Trinajstić information content (AvgIpc) is 2.88. The first-order valence-electron chi connectivity index (χ1n) is 7.08. The van der Waals surface area contributed by atoms with Crippen LogP contribution >= 0.6 is 0 Å². The third-order valence-corrected chi connectivity index (χ3v) is 3.25. The highest BCUT2D eigenvalue weighted by Crippen LogP contribution is 2.36. The van der Waals surface area contributed by atoms with Crippen molar-refractivity contribution in [3.05, 3.63) is 17.7 Å². The van der Waals surface area contributed by atoms with Crippen LogP contribution < -0.4 is 15.2 Å². The molecule has 0 radical (unpaired) electrons. The average molecular weight is 279 g/mol. The van der Waals surface area contributed by atoms with Gasteiger partial charge in [-0.2, -0.15) is 0 Å². The molecule has 0 unspecified atom stereocenters. The lowest BCUT2D eigenvalue weighted by Gasteiger charge is -2.08. The van der Waals surface area contributed by atoms with Crippen LogP contribution in [0.4, 0.5) is 5.69 Å². The zero-order valence-corrected chi connectivity index (χ0v) is 11.8. The molecule has 0 aliphatic carbocycles. The van der Waals surface area contributed by atoms with Crippen molar-refractivity contribution in [2.45, 2.75) is 39.0 Å². The van der Waals surface area contributed by atoms with E-state index in [1.807, 2.05) is 0 Å². The number of carbonyl (C=O) groups excluding carboxylic acids is 1. The molecular weight excluding hydrogens is 258 g/mol. The number of hydrogen-bond acceptors (Lipinski definition) is 5. The topological polar surface area (TPSA) is 70.8 Å². The highest BCUT2D eigenvalue weighted by atomic mass is 16.7. The Bertz CT molecular complexity index is 473. The van der Waals surface area contributed by atoms with E-state index in [4.69, 9.17) is 19.9 Å². The number of nitrogens with two attached hydrogens (primary N) is 1. The summed E-state index contributed by atoms with van der Waals surface area (Å²) < 4.78 is 15.7. The van der Waals surface area contributed by atoms with Crippen molar-refractivity contribution >= 4 is 11.7 Å². The minimum absolute atomic E-state index is 0.157. The summed E-state index contributed by atoms with van der Waals surface area (Å²) in [6, 6.07) is 3.18. The largest absolute Gasteiger partial charge is 0.462 e. The third kappa shape index (κ3) is 3.56. The first kappa shape index (κ1) is 14.5. The normalized spacial score (nSPS) is 12.4. The maximum absolute atomic E-state index is 12.0. The Labute approximate surface area is 119 Å². The fourth-order valence-corrected chi connectivity index (χ4v) is 2.08. The summed E-state index contributed by atoms with van der Waals surface area (Å²) in [5, 5.41) is 0. The van der Waals surface area contributed by atoms with E-state index in [1.54, 1.807) is 12.1 Å². The number of ether oxygens (including phenoxy) is 3. The highest BCUT2D eigenvalue weighted by Gasteiger charge is 2.20. The van der Waals surface area contributed by atoms with E-state index in [-0.39, 0.29) is 6.79 Å². The van der Waals surface area contributed by atoms with Crippen LogP contribution in [-0.4, -0.2) is 19.4 Å². The Morgan fingerprint density at radius 1 is 1.20 bits per heavy atom. The standard InChI is InChI=1S/C15H21NO4/c1-2-3-4-5-6-7-18-15(17)11-8-13-14(9-12(11)16)20-10-19-13/h8-9H,2-7,10,16H2,1H3. The van der Waals surface area contributed by atoms with Gasteiger partial charge in [0.15, 0.2) is 11.5 Å². The fraction of sp³-hybridized carbons (Fsp3) is 0.533. The third-order valence-electron chi connectivity index (χ3n) is 3.25. The number of esters is 1. The maximum atomic E-state index is 12.0. The molecule has 2 N–H and O–H groups in total. The number of rotatable bonds is 7. The van der Waals surface area contributed by atoms with Gasteiger partial charge in [0.2, 0.25) is 6.79 Å². The number of unbranched alkanes of at least 4 members (excludes halogenated alkanes) is 4. The SMILES string of the molecule is CCCCCCCOC(=O)c1cc2c(cc1N)OCO2. The summed E-state index contributed by atoms with van der Waals surface area (Å²) in [7, 11) is 0. The molecule has 0 amide bonds. The van der Waals surface area contributed by atoms with Crippen molar-refractivity contribution in [3.8, 4) is 11.5 Å². The van der Waals surface area contributed by atoms with Crippen LogP contribution in [0, 0.1) is 0 Å². The molecule has 5 heteroatoms. The molecule has 110 valence electrons. The summed E-state index contributed by atoms with van der Waals surface area (Å²) in [6.45, 7) is 2.75. The second-order valence-corrected chi connectivity index (χ2v) is 4.84. The Balaban J connectivity index is 1.83. The van der Waals surface area contributed by atoms with Crippen LogP contribution in [0.5, 0.6) is 11.5 Å². The number of benzene rings is 1. The van der Waals surface area contributed by atoms with E-state index >= 15 is 0 Å². The quantitative estimate of drug-likeness (QED) is 0.471. The van der Waals surface area contributed by atoms with Gasteiger partial charge in [-0.3, -0.25) is 0 Å². The molecule has 0 fully saturated rings. The van der Waals surface area contributed by atoms with Crippen molar-refractivity contribution in [1.29, 1.82) is 0 Å². The van der Waals surface area contributed by atoms with Crippen molar-refractivity contribution in [3.63, 3.8) is 0 Å². The van der Waals surface area contributed by atoms with E-state index in [9.17, 15) is 4.79 Å². The number of anilines is 1. The van der Waals surface area contributed by atoms with Gasteiger partial charge in [-0.05, 0) is 6.42 Å². The fourth-order valence-electron chi connectivity index (χ4n) is 2.08. The van der Waals surface area contributed by atoms with Gasteiger partial charge in [0.05, 0.1) is 17.9 Å². The number of hydrogen-bond donors (Lipinski definition) is 1. The van der Waals surface area contributed by atoms with Gasteiger partial charge in [-0.25, -0.2) is 4.79 Å². The second kappa shape index (κ2) is 7.03. The molecule has 0 aromatic heterocycles. The monoisotopic (exact) mass is 279 g/mol. The molecule has 0 bridgehead atoms. The van der Waals surface area contributed by atoms with Crippen molar-refractivity contribution in [2.75, 3.05) is 19.1 Å². The van der Waals surface area contributed by atoms with Crippen LogP contribution in [0.1, 0.15) is 49.4 Å². The number of carbonyl (C=O) groups is 1. The second-order valence-electron chi connectivity index (χ2n) is 4.84. The van der Waals surface area contributed by atoms with Crippen molar-refractivity contribution in [1.82, 2.24) is 0 Å². The van der Waals surface area contributed by atoms with Gasteiger partial charge in [-0.15, -0.1) is 0 Å². The van der Waals surface area contributed by atoms with E-state index in [2.05, 4.69) is 6.92 Å². The van der Waals surface area contributed by atoms with Crippen LogP contribution in [0.25, 0.3) is 0 Å². The predicted molar refractivity (Wildman–Crippen MR) is 76.0 cm³/mol. The van der Waals surface area contributed by atoms with Crippen LogP contribution in [0.15, 0.2) is 12.1 Å². The lowest BCUT2D eigenvalue weighted by molar-refractivity contribution is 0.0498. The lowest BCUT2D eigenvalue weighted by atomic mass is 10.1. The molecule has 0 spiro atoms. The first-order valence-corrected chi connectivity index (χ1v) is 7.08. The molecule has 0 saturated carbocycles. The molecule has 0 atom stereocenters. The molecule has 20 heavy (non-hydrogen) atoms. The van der Waals surface area contributed by atoms with Gasteiger partial charge < -0.3 is 19.9 Å². The van der Waals surface area contributed by atoms with Crippen LogP contribution in [-0.2, 0) is 4.74 Å². The number of fused-ring (bicyclic) bond motifs is 1. The van der Waals surface area contributed by atoms with Gasteiger partial charge in [0.25, 0.3) is 0 Å². The van der Waals surface area contributed by atoms with Gasteiger partial charge >= 0.3 is 5.97 Å². The molecule has 1 aliphatic heterocycles. The van der Waals surface area contributed by atoms with E-state index in [0.717, 1.165) is 12.8 Å². The molecular formula is C15H21NO4. The molecule has 1 aromatic rings. The van der Waals surface area contributed by atoms with Gasteiger partial charge in [0, 0.05) is 12.1 Å². The molecule has 2 rings (SSSR count). The molecule has 0 saturated heterocycles. The Morgan fingerprint density at radius 3 is 2.65 bits per heavy atom. The summed E-state index contributed by atoms with van der Waals surface area (Å²) in [6.07, 6.45) is 5.57. The molecule has 5 nitrogen and oxygen atoms in total. The van der Waals surface area contributed by atoms with E-state index in [0.29, 0.717) is 29.4 Å². The summed E-state index contributed by atoms with van der Waals surface area (Å²) >= 11 is 0. The Kier molecular flexibility index (Phi) is 5.09. The van der Waals surface area contributed by atoms with Gasteiger partial charge in [-0.1, -0.05) is 32.6 Å². The molecule has 1 aliphatic rings. The maximum Gasteiger partial charge on any atom is 0.340 e. The summed E-state index contributed by atoms with van der Waals surface area (Å²) in [5.41, 5.74) is 6.52. The Hall–Kier alpha value is -1.91. The summed E-state index contributed by atoms with van der Waals surface area (Å²) in [5.74, 6) is 0.698. The van der Waals surface area contributed by atoms with E-state index < -0.39 is 5.97 Å². The van der Waals surface area contributed by atoms with Crippen molar-refractivity contribution in [2.24, 2.45) is 0 Å². The highest BCUT2D eigenvalue weighted by molar-refractivity contribution is 5.96. The van der Waals surface area contributed by atoms with Crippen LogP contribution in [0.3, 0.4) is 0 Å². The van der Waals surface area contributed by atoms with Crippen molar-refractivity contribution < 1.29 is 19.0 Å². The zero-order chi connectivity index (χ0) is 14.4. The minimum Gasteiger partial charge on any atom is -0.462 e. The molecule has 1 aromatic carbocycles. The Morgan fingerprint density at radius 2 is 1.90 bits per heavy atom. The molecule has 1 heterocycles. The smallest absolute Gasteiger partial charge is 0.340 e.